The van der Waals surface area contributed by atoms with Crippen LogP contribution in [0, 0.1) is 0 Å². The number of nitrogens with one attached hydrogen (secondary N) is 1. The van der Waals surface area contributed by atoms with E-state index in [2.05, 4.69) is 10.3 Å². The largest absolute Gasteiger partial charge is 0.478 e. The minimum Gasteiger partial charge on any atom is -0.478 e. The summed E-state index contributed by atoms with van der Waals surface area (Å²) in [6.45, 7) is 1.24. The van der Waals surface area contributed by atoms with Crippen LogP contribution in [0.25, 0.3) is 6.08 Å². The SMILES string of the molecule is CC(CC(F)(F)F)NC(=O)c1ccncc1/C=C/C(=O)O. The monoisotopic (exact) mass is 302 g/mol. The standard InChI is InChI=1S/C13H13F3N2O3/c1-8(6-13(14,15)16)18-12(21)10-4-5-17-7-9(10)2-3-11(19)20/h2-5,7-8H,6H2,1H3,(H,18,21)(H,19,20)/b3-2+. The molecule has 1 aromatic rings. The van der Waals surface area contributed by atoms with Gasteiger partial charge in [-0.25, -0.2) is 4.79 Å². The Morgan fingerprint density at radius 1 is 1.48 bits per heavy atom. The summed E-state index contributed by atoms with van der Waals surface area (Å²) in [6, 6.07) is 0.207. The number of alkyl halides is 3. The third-order valence-electron chi connectivity index (χ3n) is 2.42. The lowest BCUT2D eigenvalue weighted by atomic mass is 10.1. The first-order valence-electron chi connectivity index (χ1n) is 5.91. The normalized spacial score (nSPS) is 13.1. The van der Waals surface area contributed by atoms with E-state index in [1.54, 1.807) is 0 Å². The van der Waals surface area contributed by atoms with Crippen LogP contribution in [0.3, 0.4) is 0 Å². The first kappa shape index (κ1) is 16.7. The fourth-order valence-corrected chi connectivity index (χ4v) is 1.61. The average molecular weight is 302 g/mol. The van der Waals surface area contributed by atoms with Crippen molar-refractivity contribution in [1.82, 2.24) is 10.3 Å². The number of carboxylic acids is 1. The summed E-state index contributed by atoms with van der Waals surface area (Å²) in [5, 5.41) is 10.8. The summed E-state index contributed by atoms with van der Waals surface area (Å²) in [7, 11) is 0. The molecule has 1 rings (SSSR count). The molecular formula is C13H13F3N2O3. The first-order chi connectivity index (χ1) is 9.69. The van der Waals surface area contributed by atoms with Gasteiger partial charge < -0.3 is 10.4 Å². The van der Waals surface area contributed by atoms with Crippen LogP contribution in [-0.4, -0.2) is 34.2 Å². The molecule has 8 heteroatoms. The van der Waals surface area contributed by atoms with E-state index in [4.69, 9.17) is 5.11 Å². The number of pyridine rings is 1. The summed E-state index contributed by atoms with van der Waals surface area (Å²) in [6.07, 6.45) is -1.02. The molecule has 1 amide bonds. The van der Waals surface area contributed by atoms with E-state index >= 15 is 0 Å². The van der Waals surface area contributed by atoms with Gasteiger partial charge in [0.05, 0.1) is 6.42 Å². The Morgan fingerprint density at radius 3 is 2.71 bits per heavy atom. The average Bonchev–Trinajstić information content (AvgIpc) is 2.34. The molecular weight excluding hydrogens is 289 g/mol. The van der Waals surface area contributed by atoms with Crippen molar-refractivity contribution in [1.29, 1.82) is 0 Å². The van der Waals surface area contributed by atoms with Crippen LogP contribution < -0.4 is 5.32 Å². The van der Waals surface area contributed by atoms with Crippen LogP contribution >= 0.6 is 0 Å². The molecule has 1 atom stereocenters. The highest BCUT2D eigenvalue weighted by molar-refractivity contribution is 5.98. The van der Waals surface area contributed by atoms with E-state index in [9.17, 15) is 22.8 Å². The van der Waals surface area contributed by atoms with E-state index in [0.29, 0.717) is 0 Å². The van der Waals surface area contributed by atoms with Gasteiger partial charge in [-0.05, 0) is 19.1 Å². The fraction of sp³-hybridized carbons (Fsp3) is 0.308. The molecule has 0 aliphatic carbocycles. The highest BCUT2D eigenvalue weighted by Gasteiger charge is 2.30. The van der Waals surface area contributed by atoms with Gasteiger partial charge in [-0.1, -0.05) is 0 Å². The zero-order valence-electron chi connectivity index (χ0n) is 11.0. The van der Waals surface area contributed by atoms with Gasteiger partial charge in [-0.15, -0.1) is 0 Å². The minimum atomic E-state index is -4.38. The lowest BCUT2D eigenvalue weighted by Crippen LogP contribution is -2.36. The van der Waals surface area contributed by atoms with Crippen molar-refractivity contribution >= 4 is 18.0 Å². The van der Waals surface area contributed by atoms with Gasteiger partial charge in [0.15, 0.2) is 0 Å². The summed E-state index contributed by atoms with van der Waals surface area (Å²) in [4.78, 5) is 26.1. The number of hydrogen-bond donors (Lipinski definition) is 2. The summed E-state index contributed by atoms with van der Waals surface area (Å²) >= 11 is 0. The second-order valence-electron chi connectivity index (χ2n) is 4.33. The van der Waals surface area contributed by atoms with E-state index in [1.807, 2.05) is 0 Å². The maximum Gasteiger partial charge on any atom is 0.391 e. The van der Waals surface area contributed by atoms with Crippen molar-refractivity contribution in [2.45, 2.75) is 25.6 Å². The van der Waals surface area contributed by atoms with Crippen LogP contribution in [0.5, 0.6) is 0 Å². The summed E-state index contributed by atoms with van der Waals surface area (Å²) < 4.78 is 36.6. The predicted molar refractivity (Wildman–Crippen MR) is 68.5 cm³/mol. The lowest BCUT2D eigenvalue weighted by molar-refractivity contribution is -0.138. The van der Waals surface area contributed by atoms with Crippen LogP contribution in [0.15, 0.2) is 24.5 Å². The quantitative estimate of drug-likeness (QED) is 0.818. The zero-order chi connectivity index (χ0) is 16.0. The maximum absolute atomic E-state index is 12.2. The van der Waals surface area contributed by atoms with E-state index in [-0.39, 0.29) is 11.1 Å². The molecule has 114 valence electrons. The van der Waals surface area contributed by atoms with Gasteiger partial charge in [0.1, 0.15) is 0 Å². The van der Waals surface area contributed by atoms with Crippen molar-refractivity contribution in [3.8, 4) is 0 Å². The second-order valence-corrected chi connectivity index (χ2v) is 4.33. The topological polar surface area (TPSA) is 79.3 Å². The van der Waals surface area contributed by atoms with Gasteiger partial charge in [0.25, 0.3) is 5.91 Å². The Balaban J connectivity index is 2.85. The molecule has 0 radical (unpaired) electrons. The number of carboxylic acid groups (broad SMARTS) is 1. The maximum atomic E-state index is 12.2. The van der Waals surface area contributed by atoms with Crippen molar-refractivity contribution in [3.63, 3.8) is 0 Å². The number of amides is 1. The number of carbonyl (C=O) groups is 2. The third kappa shape index (κ3) is 6.07. The third-order valence-corrected chi connectivity index (χ3v) is 2.42. The molecule has 0 spiro atoms. The number of aliphatic carboxylic acids is 1. The van der Waals surface area contributed by atoms with Gasteiger partial charge in [-0.2, -0.15) is 13.2 Å². The fourth-order valence-electron chi connectivity index (χ4n) is 1.61. The van der Waals surface area contributed by atoms with E-state index in [1.165, 1.54) is 25.4 Å². The first-order valence-corrected chi connectivity index (χ1v) is 5.91. The van der Waals surface area contributed by atoms with Crippen molar-refractivity contribution in [2.75, 3.05) is 0 Å². The number of carbonyl (C=O) groups excluding carboxylic acids is 1. The van der Waals surface area contributed by atoms with Crippen LogP contribution in [0.1, 0.15) is 29.3 Å². The Morgan fingerprint density at radius 2 is 2.14 bits per heavy atom. The summed E-state index contributed by atoms with van der Waals surface area (Å²) in [5.41, 5.74) is 0.258. The Hall–Kier alpha value is -2.38. The van der Waals surface area contributed by atoms with Crippen LogP contribution in [0.4, 0.5) is 13.2 Å². The highest BCUT2D eigenvalue weighted by Crippen LogP contribution is 2.21. The molecule has 0 fully saturated rings. The molecule has 0 aliphatic heterocycles. The molecule has 0 aromatic carbocycles. The molecule has 1 unspecified atom stereocenters. The molecule has 0 aliphatic rings. The van der Waals surface area contributed by atoms with Crippen LogP contribution in [-0.2, 0) is 4.79 Å². The van der Waals surface area contributed by atoms with Gasteiger partial charge >= 0.3 is 12.1 Å². The molecule has 2 N–H and O–H groups in total. The molecule has 21 heavy (non-hydrogen) atoms. The Kier molecular flexibility index (Phi) is 5.45. The number of rotatable bonds is 5. The van der Waals surface area contributed by atoms with Crippen molar-refractivity contribution in [3.05, 3.63) is 35.7 Å². The number of nitrogens with zero attached hydrogens (tertiary/aromatic N) is 1. The zero-order valence-corrected chi connectivity index (χ0v) is 11.0. The van der Waals surface area contributed by atoms with Gasteiger partial charge in [0, 0.05) is 35.6 Å². The second kappa shape index (κ2) is 6.87. The summed E-state index contributed by atoms with van der Waals surface area (Å²) in [5.74, 6) is -1.94. The predicted octanol–water partition coefficient (Wildman–Crippen LogP) is 2.25. The van der Waals surface area contributed by atoms with Gasteiger partial charge in [0.2, 0.25) is 0 Å². The van der Waals surface area contributed by atoms with Crippen molar-refractivity contribution < 1.29 is 27.9 Å². The highest BCUT2D eigenvalue weighted by atomic mass is 19.4. The number of hydrogen-bond acceptors (Lipinski definition) is 3. The van der Waals surface area contributed by atoms with E-state index in [0.717, 1.165) is 12.2 Å². The number of halogens is 3. The molecule has 0 bridgehead atoms. The van der Waals surface area contributed by atoms with Crippen molar-refractivity contribution in [2.24, 2.45) is 0 Å². The van der Waals surface area contributed by atoms with Gasteiger partial charge in [-0.3, -0.25) is 9.78 Å². The van der Waals surface area contributed by atoms with E-state index < -0.39 is 30.5 Å². The molecule has 0 saturated heterocycles. The molecule has 5 nitrogen and oxygen atoms in total. The molecule has 0 saturated carbocycles. The number of aromatic nitrogens is 1. The smallest absolute Gasteiger partial charge is 0.391 e. The Labute approximate surface area is 118 Å². The Bertz CT molecular complexity index is 556. The molecule has 1 aromatic heterocycles. The minimum absolute atomic E-state index is 0.0523. The lowest BCUT2D eigenvalue weighted by Gasteiger charge is -2.16. The molecule has 1 heterocycles. The van der Waals surface area contributed by atoms with Crippen LogP contribution in [0.2, 0.25) is 0 Å².